The van der Waals surface area contributed by atoms with Gasteiger partial charge in [0.2, 0.25) is 0 Å². The van der Waals surface area contributed by atoms with Gasteiger partial charge in [0, 0.05) is 16.6 Å². The van der Waals surface area contributed by atoms with Crippen molar-refractivity contribution in [1.29, 1.82) is 0 Å². The number of aromatic nitrogens is 1. The lowest BCUT2D eigenvalue weighted by Crippen LogP contribution is -1.85. The van der Waals surface area contributed by atoms with Crippen molar-refractivity contribution in [2.24, 2.45) is 0 Å². The van der Waals surface area contributed by atoms with E-state index in [-0.39, 0.29) is 0 Å². The van der Waals surface area contributed by atoms with Crippen LogP contribution in [0.15, 0.2) is 42.5 Å². The minimum atomic E-state index is 0.860. The Morgan fingerprint density at radius 1 is 0.950 bits per heavy atom. The molecular formula is C17H17NO2. The maximum absolute atomic E-state index is 5.42. The minimum absolute atomic E-state index is 0.860. The van der Waals surface area contributed by atoms with E-state index in [1.807, 2.05) is 24.3 Å². The SMILES string of the molecule is COc1cccc(-c2c(C)[nH]c3c(OC)cccc23)c1. The number of rotatable bonds is 3. The Kier molecular flexibility index (Phi) is 3.11. The smallest absolute Gasteiger partial charge is 0.142 e. The number of hydrogen-bond acceptors (Lipinski definition) is 2. The third kappa shape index (κ3) is 1.92. The molecule has 0 fully saturated rings. The quantitative estimate of drug-likeness (QED) is 0.773. The summed E-state index contributed by atoms with van der Waals surface area (Å²) in [7, 11) is 3.38. The van der Waals surface area contributed by atoms with Gasteiger partial charge in [-0.05, 0) is 30.7 Å². The summed E-state index contributed by atoms with van der Waals surface area (Å²) in [6.07, 6.45) is 0. The molecule has 2 aromatic carbocycles. The zero-order valence-electron chi connectivity index (χ0n) is 11.9. The van der Waals surface area contributed by atoms with E-state index >= 15 is 0 Å². The molecular weight excluding hydrogens is 250 g/mol. The van der Waals surface area contributed by atoms with E-state index in [4.69, 9.17) is 9.47 Å². The molecule has 1 N–H and O–H groups in total. The first-order valence-corrected chi connectivity index (χ1v) is 6.54. The highest BCUT2D eigenvalue weighted by atomic mass is 16.5. The monoisotopic (exact) mass is 267 g/mol. The van der Waals surface area contributed by atoms with Gasteiger partial charge in [-0.3, -0.25) is 0 Å². The molecule has 0 bridgehead atoms. The molecule has 20 heavy (non-hydrogen) atoms. The second kappa shape index (κ2) is 4.93. The largest absolute Gasteiger partial charge is 0.497 e. The Labute approximate surface area is 118 Å². The molecule has 0 atom stereocenters. The van der Waals surface area contributed by atoms with E-state index in [1.54, 1.807) is 14.2 Å². The number of aryl methyl sites for hydroxylation is 1. The molecule has 3 aromatic rings. The molecule has 0 amide bonds. The van der Waals surface area contributed by atoms with Gasteiger partial charge in [0.1, 0.15) is 11.5 Å². The van der Waals surface area contributed by atoms with E-state index in [0.717, 1.165) is 33.7 Å². The van der Waals surface area contributed by atoms with Crippen LogP contribution in [0, 0.1) is 6.92 Å². The van der Waals surface area contributed by atoms with Gasteiger partial charge in [-0.1, -0.05) is 24.3 Å². The standard InChI is InChI=1S/C17H17NO2/c1-11-16(12-6-4-7-13(10-12)19-2)14-8-5-9-15(20-3)17(14)18-11/h4-10,18H,1-3H3. The molecule has 0 aliphatic heterocycles. The summed E-state index contributed by atoms with van der Waals surface area (Å²) in [5.41, 5.74) is 4.49. The van der Waals surface area contributed by atoms with Crippen LogP contribution < -0.4 is 9.47 Å². The van der Waals surface area contributed by atoms with Crippen molar-refractivity contribution in [3.63, 3.8) is 0 Å². The van der Waals surface area contributed by atoms with Gasteiger partial charge in [-0.25, -0.2) is 0 Å². The zero-order valence-corrected chi connectivity index (χ0v) is 11.9. The second-order valence-corrected chi connectivity index (χ2v) is 4.74. The number of aromatic amines is 1. The van der Waals surface area contributed by atoms with Crippen LogP contribution in [-0.4, -0.2) is 19.2 Å². The summed E-state index contributed by atoms with van der Waals surface area (Å²) in [6.45, 7) is 2.08. The summed E-state index contributed by atoms with van der Waals surface area (Å²) in [4.78, 5) is 3.42. The van der Waals surface area contributed by atoms with E-state index < -0.39 is 0 Å². The molecule has 0 radical (unpaired) electrons. The fourth-order valence-electron chi connectivity index (χ4n) is 2.64. The van der Waals surface area contributed by atoms with Crippen molar-refractivity contribution in [3.8, 4) is 22.6 Å². The van der Waals surface area contributed by atoms with Gasteiger partial charge in [0.15, 0.2) is 0 Å². The molecule has 0 aliphatic rings. The lowest BCUT2D eigenvalue weighted by Gasteiger charge is -2.05. The van der Waals surface area contributed by atoms with Gasteiger partial charge in [0.05, 0.1) is 19.7 Å². The zero-order chi connectivity index (χ0) is 14.1. The first-order valence-electron chi connectivity index (χ1n) is 6.54. The van der Waals surface area contributed by atoms with E-state index in [0.29, 0.717) is 0 Å². The van der Waals surface area contributed by atoms with Crippen LogP contribution in [-0.2, 0) is 0 Å². The number of para-hydroxylation sites is 1. The number of ether oxygens (including phenoxy) is 2. The highest BCUT2D eigenvalue weighted by molar-refractivity contribution is 6.00. The van der Waals surface area contributed by atoms with Crippen molar-refractivity contribution in [2.45, 2.75) is 6.92 Å². The maximum Gasteiger partial charge on any atom is 0.142 e. The lowest BCUT2D eigenvalue weighted by atomic mass is 10.0. The Bertz CT molecular complexity index is 759. The van der Waals surface area contributed by atoms with Crippen LogP contribution >= 0.6 is 0 Å². The van der Waals surface area contributed by atoms with Crippen molar-refractivity contribution in [1.82, 2.24) is 4.98 Å². The molecule has 0 unspecified atom stereocenters. The average Bonchev–Trinajstić information content (AvgIpc) is 2.83. The van der Waals surface area contributed by atoms with Gasteiger partial charge in [-0.2, -0.15) is 0 Å². The predicted molar refractivity (Wildman–Crippen MR) is 81.6 cm³/mol. The third-order valence-electron chi connectivity index (χ3n) is 3.56. The molecule has 0 saturated heterocycles. The molecule has 0 spiro atoms. The fourth-order valence-corrected chi connectivity index (χ4v) is 2.64. The number of fused-ring (bicyclic) bond motifs is 1. The first kappa shape index (κ1) is 12.6. The van der Waals surface area contributed by atoms with Crippen molar-refractivity contribution in [2.75, 3.05) is 14.2 Å². The van der Waals surface area contributed by atoms with E-state index in [1.165, 1.54) is 5.56 Å². The second-order valence-electron chi connectivity index (χ2n) is 4.74. The maximum atomic E-state index is 5.42. The van der Waals surface area contributed by atoms with Gasteiger partial charge in [-0.15, -0.1) is 0 Å². The Balaban J connectivity index is 2.28. The Morgan fingerprint density at radius 3 is 2.50 bits per heavy atom. The molecule has 0 saturated carbocycles. The van der Waals surface area contributed by atoms with Crippen LogP contribution in [0.4, 0.5) is 0 Å². The summed E-state index contributed by atoms with van der Waals surface area (Å²) < 4.78 is 10.7. The van der Waals surface area contributed by atoms with Crippen LogP contribution in [0.3, 0.4) is 0 Å². The number of hydrogen-bond donors (Lipinski definition) is 1. The highest BCUT2D eigenvalue weighted by Gasteiger charge is 2.13. The molecule has 0 aliphatic carbocycles. The van der Waals surface area contributed by atoms with E-state index in [9.17, 15) is 0 Å². The van der Waals surface area contributed by atoms with Crippen molar-refractivity contribution in [3.05, 3.63) is 48.2 Å². The highest BCUT2D eigenvalue weighted by Crippen LogP contribution is 2.37. The topological polar surface area (TPSA) is 34.2 Å². The molecule has 3 rings (SSSR count). The molecule has 1 aromatic heterocycles. The number of nitrogens with one attached hydrogen (secondary N) is 1. The summed E-state index contributed by atoms with van der Waals surface area (Å²) in [5.74, 6) is 1.72. The van der Waals surface area contributed by atoms with Crippen molar-refractivity contribution < 1.29 is 9.47 Å². The van der Waals surface area contributed by atoms with Gasteiger partial charge >= 0.3 is 0 Å². The first-order chi connectivity index (χ1) is 9.74. The van der Waals surface area contributed by atoms with Gasteiger partial charge < -0.3 is 14.5 Å². The summed E-state index contributed by atoms with van der Waals surface area (Å²) >= 11 is 0. The van der Waals surface area contributed by atoms with Crippen LogP contribution in [0.5, 0.6) is 11.5 Å². The lowest BCUT2D eigenvalue weighted by molar-refractivity contribution is 0.415. The van der Waals surface area contributed by atoms with E-state index in [2.05, 4.69) is 30.1 Å². The molecule has 102 valence electrons. The number of H-pyrrole nitrogens is 1. The number of methoxy groups -OCH3 is 2. The van der Waals surface area contributed by atoms with Gasteiger partial charge in [0.25, 0.3) is 0 Å². The third-order valence-corrected chi connectivity index (χ3v) is 3.56. The minimum Gasteiger partial charge on any atom is -0.497 e. The molecule has 3 heteroatoms. The van der Waals surface area contributed by atoms with Crippen molar-refractivity contribution >= 4 is 10.9 Å². The summed E-state index contributed by atoms with van der Waals surface area (Å²) in [6, 6.07) is 14.2. The Morgan fingerprint density at radius 2 is 1.75 bits per heavy atom. The predicted octanol–water partition coefficient (Wildman–Crippen LogP) is 4.16. The fraction of sp³-hybridized carbons (Fsp3) is 0.176. The van der Waals surface area contributed by atoms with Crippen LogP contribution in [0.1, 0.15) is 5.69 Å². The summed E-state index contributed by atoms with van der Waals surface area (Å²) in [5, 5.41) is 1.16. The van der Waals surface area contributed by atoms with Crippen LogP contribution in [0.25, 0.3) is 22.0 Å². The number of benzene rings is 2. The average molecular weight is 267 g/mol. The normalized spacial score (nSPS) is 10.8. The van der Waals surface area contributed by atoms with Crippen LogP contribution in [0.2, 0.25) is 0 Å². The Hall–Kier alpha value is -2.42. The molecule has 3 nitrogen and oxygen atoms in total. The molecule has 1 heterocycles.